The molecule has 1 atom stereocenters. The van der Waals surface area contributed by atoms with Crippen molar-refractivity contribution in [2.75, 3.05) is 5.32 Å². The van der Waals surface area contributed by atoms with Crippen LogP contribution in [0.1, 0.15) is 43.6 Å². The third-order valence-electron chi connectivity index (χ3n) is 4.07. The van der Waals surface area contributed by atoms with Crippen LogP contribution >= 0.6 is 11.3 Å². The van der Waals surface area contributed by atoms with Gasteiger partial charge >= 0.3 is 5.97 Å². The van der Waals surface area contributed by atoms with Gasteiger partial charge in [-0.2, -0.15) is 0 Å². The van der Waals surface area contributed by atoms with Gasteiger partial charge in [0.05, 0.1) is 5.39 Å². The summed E-state index contributed by atoms with van der Waals surface area (Å²) in [5, 5.41) is 13.6. The summed E-state index contributed by atoms with van der Waals surface area (Å²) in [7, 11) is 0. The summed E-state index contributed by atoms with van der Waals surface area (Å²) in [4.78, 5) is 22.6. The molecule has 0 radical (unpaired) electrons. The second kappa shape index (κ2) is 6.20. The first kappa shape index (κ1) is 15.2. The molecule has 2 aromatic heterocycles. The molecule has 118 valence electrons. The Kier molecular flexibility index (Phi) is 4.29. The Labute approximate surface area is 133 Å². The lowest BCUT2D eigenvalue weighted by atomic mass is 9.97. The van der Waals surface area contributed by atoms with Crippen LogP contribution in [-0.4, -0.2) is 27.1 Å². The quantitative estimate of drug-likeness (QED) is 0.882. The van der Waals surface area contributed by atoms with E-state index in [0.717, 1.165) is 23.1 Å². The molecule has 0 fully saturated rings. The lowest BCUT2D eigenvalue weighted by Crippen LogP contribution is -2.31. The third kappa shape index (κ3) is 2.92. The molecule has 5 nitrogen and oxygen atoms in total. The van der Waals surface area contributed by atoms with Gasteiger partial charge in [-0.3, -0.25) is 0 Å². The Morgan fingerprint density at radius 3 is 2.86 bits per heavy atom. The van der Waals surface area contributed by atoms with Crippen LogP contribution < -0.4 is 5.32 Å². The Hall–Kier alpha value is -1.69. The van der Waals surface area contributed by atoms with Crippen molar-refractivity contribution in [3.8, 4) is 0 Å². The van der Waals surface area contributed by atoms with Gasteiger partial charge in [-0.25, -0.2) is 14.8 Å². The number of aryl methyl sites for hydroxylation is 2. The number of hydrogen-bond donors (Lipinski definition) is 2. The first-order valence-corrected chi connectivity index (χ1v) is 8.62. The van der Waals surface area contributed by atoms with Crippen LogP contribution in [0.3, 0.4) is 0 Å². The summed E-state index contributed by atoms with van der Waals surface area (Å²) >= 11 is 1.72. The summed E-state index contributed by atoms with van der Waals surface area (Å²) in [6, 6.07) is -0.614. The number of aromatic nitrogens is 2. The van der Waals surface area contributed by atoms with E-state index in [4.69, 9.17) is 0 Å². The number of nitrogens with one attached hydrogen (secondary N) is 1. The summed E-state index contributed by atoms with van der Waals surface area (Å²) < 4.78 is 0. The van der Waals surface area contributed by atoms with Gasteiger partial charge in [0.15, 0.2) is 0 Å². The van der Waals surface area contributed by atoms with Crippen molar-refractivity contribution < 1.29 is 9.90 Å². The van der Waals surface area contributed by atoms with E-state index in [1.165, 1.54) is 29.6 Å². The molecule has 0 amide bonds. The average Bonchev–Trinajstić information content (AvgIpc) is 2.85. The molecule has 0 bridgehead atoms. The standard InChI is InChI=1S/C16H21N3O2S/c1-9(2)7-11(16(20)21)19-14-13-10-5-3-4-6-12(10)22-15(13)18-8-17-14/h8-9,11H,3-7H2,1-2H3,(H,20,21)(H,17,18,19)/t11-/m1/s1. The second-order valence-corrected chi connectivity index (χ2v) is 7.36. The Morgan fingerprint density at radius 2 is 2.14 bits per heavy atom. The van der Waals surface area contributed by atoms with Gasteiger partial charge < -0.3 is 10.4 Å². The van der Waals surface area contributed by atoms with Crippen molar-refractivity contribution in [2.45, 2.75) is 52.0 Å². The lowest BCUT2D eigenvalue weighted by molar-refractivity contribution is -0.138. The maximum Gasteiger partial charge on any atom is 0.326 e. The van der Waals surface area contributed by atoms with E-state index in [9.17, 15) is 9.90 Å². The van der Waals surface area contributed by atoms with Gasteiger partial charge in [-0.1, -0.05) is 13.8 Å². The number of nitrogens with zero attached hydrogens (tertiary/aromatic N) is 2. The third-order valence-corrected chi connectivity index (χ3v) is 5.27. The zero-order valence-corrected chi connectivity index (χ0v) is 13.7. The summed E-state index contributed by atoms with van der Waals surface area (Å²) in [6.45, 7) is 4.05. The van der Waals surface area contributed by atoms with Crippen LogP contribution in [0.15, 0.2) is 6.33 Å². The Balaban J connectivity index is 1.99. The number of carboxylic acids is 1. The normalized spacial score (nSPS) is 15.8. The molecule has 0 spiro atoms. The fourth-order valence-corrected chi connectivity index (χ4v) is 4.29. The molecule has 2 aromatic rings. The largest absolute Gasteiger partial charge is 0.480 e. The first-order chi connectivity index (χ1) is 10.6. The number of carboxylic acid groups (broad SMARTS) is 1. The number of thiophene rings is 1. The predicted molar refractivity (Wildman–Crippen MR) is 88.6 cm³/mol. The van der Waals surface area contributed by atoms with Gasteiger partial charge in [0.1, 0.15) is 23.0 Å². The van der Waals surface area contributed by atoms with Crippen molar-refractivity contribution in [3.05, 3.63) is 16.8 Å². The van der Waals surface area contributed by atoms with Crippen LogP contribution in [0.5, 0.6) is 0 Å². The molecule has 0 unspecified atom stereocenters. The highest BCUT2D eigenvalue weighted by Gasteiger charge is 2.24. The number of carbonyl (C=O) groups is 1. The van der Waals surface area contributed by atoms with Crippen molar-refractivity contribution in [2.24, 2.45) is 5.92 Å². The van der Waals surface area contributed by atoms with Gasteiger partial charge in [0, 0.05) is 4.88 Å². The number of hydrogen-bond acceptors (Lipinski definition) is 5. The van der Waals surface area contributed by atoms with E-state index in [-0.39, 0.29) is 0 Å². The highest BCUT2D eigenvalue weighted by Crippen LogP contribution is 2.38. The zero-order chi connectivity index (χ0) is 15.7. The molecule has 1 aliphatic rings. The monoisotopic (exact) mass is 319 g/mol. The van der Waals surface area contributed by atoms with E-state index < -0.39 is 12.0 Å². The molecule has 1 aliphatic carbocycles. The van der Waals surface area contributed by atoms with E-state index in [1.54, 1.807) is 11.3 Å². The van der Waals surface area contributed by atoms with E-state index in [2.05, 4.69) is 15.3 Å². The lowest BCUT2D eigenvalue weighted by Gasteiger charge is -2.18. The smallest absolute Gasteiger partial charge is 0.326 e. The molecule has 0 saturated carbocycles. The highest BCUT2D eigenvalue weighted by molar-refractivity contribution is 7.19. The van der Waals surface area contributed by atoms with Crippen molar-refractivity contribution >= 4 is 33.3 Å². The van der Waals surface area contributed by atoms with Crippen molar-refractivity contribution in [1.82, 2.24) is 9.97 Å². The number of aliphatic carboxylic acids is 1. The molecule has 0 aromatic carbocycles. The van der Waals surface area contributed by atoms with Crippen molar-refractivity contribution in [3.63, 3.8) is 0 Å². The number of rotatable bonds is 5. The number of anilines is 1. The van der Waals surface area contributed by atoms with Crippen molar-refractivity contribution in [1.29, 1.82) is 0 Å². The molecule has 22 heavy (non-hydrogen) atoms. The van der Waals surface area contributed by atoms with E-state index >= 15 is 0 Å². The number of fused-ring (bicyclic) bond motifs is 3. The van der Waals surface area contributed by atoms with Gasteiger partial charge in [0.2, 0.25) is 0 Å². The topological polar surface area (TPSA) is 75.1 Å². The molecule has 2 N–H and O–H groups in total. The molecule has 0 saturated heterocycles. The SMILES string of the molecule is CC(C)C[C@@H](Nc1ncnc2sc3c(c12)CCCC3)C(=O)O. The molecule has 0 aliphatic heterocycles. The molecular weight excluding hydrogens is 298 g/mol. The van der Waals surface area contributed by atoms with E-state index in [0.29, 0.717) is 18.2 Å². The zero-order valence-electron chi connectivity index (χ0n) is 12.9. The highest BCUT2D eigenvalue weighted by atomic mass is 32.1. The Morgan fingerprint density at radius 1 is 1.36 bits per heavy atom. The second-order valence-electron chi connectivity index (χ2n) is 6.28. The average molecular weight is 319 g/mol. The summed E-state index contributed by atoms with van der Waals surface area (Å²) in [5.74, 6) is 0.157. The van der Waals surface area contributed by atoms with Gasteiger partial charge in [0.25, 0.3) is 0 Å². The first-order valence-electron chi connectivity index (χ1n) is 7.81. The molecule has 6 heteroatoms. The minimum atomic E-state index is -0.829. The van der Waals surface area contributed by atoms with Crippen LogP contribution in [0, 0.1) is 5.92 Å². The molecule has 3 rings (SSSR count). The summed E-state index contributed by atoms with van der Waals surface area (Å²) in [5.41, 5.74) is 1.32. The maximum absolute atomic E-state index is 11.5. The van der Waals surface area contributed by atoms with Crippen LogP contribution in [0.4, 0.5) is 5.82 Å². The van der Waals surface area contributed by atoms with E-state index in [1.807, 2.05) is 13.8 Å². The van der Waals surface area contributed by atoms with Crippen LogP contribution in [0.2, 0.25) is 0 Å². The fourth-order valence-electron chi connectivity index (χ4n) is 3.06. The van der Waals surface area contributed by atoms with Crippen LogP contribution in [0.25, 0.3) is 10.2 Å². The fraction of sp³-hybridized carbons (Fsp3) is 0.562. The maximum atomic E-state index is 11.5. The minimum Gasteiger partial charge on any atom is -0.480 e. The van der Waals surface area contributed by atoms with Gasteiger partial charge in [-0.15, -0.1) is 11.3 Å². The van der Waals surface area contributed by atoms with Crippen LogP contribution in [-0.2, 0) is 17.6 Å². The summed E-state index contributed by atoms with van der Waals surface area (Å²) in [6.07, 6.45) is 6.65. The Bertz CT molecular complexity index is 696. The molecular formula is C16H21N3O2S. The van der Waals surface area contributed by atoms with Gasteiger partial charge in [-0.05, 0) is 43.6 Å². The minimum absolute atomic E-state index is 0.308. The predicted octanol–water partition coefficient (Wildman–Crippen LogP) is 3.48. The molecule has 2 heterocycles.